The van der Waals surface area contributed by atoms with Gasteiger partial charge in [-0.05, 0) is 74.0 Å². The van der Waals surface area contributed by atoms with E-state index in [1.165, 1.54) is 44.2 Å². The second-order valence-corrected chi connectivity index (χ2v) is 6.96. The maximum atomic E-state index is 14.0. The molecule has 4 fully saturated rings. The molecule has 0 aromatic heterocycles. The van der Waals surface area contributed by atoms with Gasteiger partial charge >= 0.3 is 5.97 Å². The van der Waals surface area contributed by atoms with Crippen LogP contribution in [0.2, 0.25) is 0 Å². The predicted octanol–water partition coefficient (Wildman–Crippen LogP) is 3.73. The van der Waals surface area contributed by atoms with Crippen LogP contribution in [0.15, 0.2) is 18.2 Å². The van der Waals surface area contributed by atoms with Gasteiger partial charge in [0.2, 0.25) is 0 Å². The smallest absolute Gasteiger partial charge is 0.335 e. The topological polar surface area (TPSA) is 46.5 Å². The number of halogens is 1. The Morgan fingerprint density at radius 1 is 1.10 bits per heavy atom. The molecule has 0 heterocycles. The fraction of sp³-hybridized carbons (Fsp3) is 0.588. The van der Waals surface area contributed by atoms with Crippen molar-refractivity contribution in [1.82, 2.24) is 0 Å². The molecular formula is C17H19FO3. The van der Waals surface area contributed by atoms with Gasteiger partial charge in [-0.2, -0.15) is 0 Å². The summed E-state index contributed by atoms with van der Waals surface area (Å²) in [6.45, 7) is 0. The highest BCUT2D eigenvalue weighted by molar-refractivity contribution is 5.87. The number of hydrogen-bond acceptors (Lipinski definition) is 2. The first-order valence-corrected chi connectivity index (χ1v) is 7.79. The number of carboxylic acids is 1. The highest BCUT2D eigenvalue weighted by atomic mass is 19.1. The van der Waals surface area contributed by atoms with Gasteiger partial charge in [0.15, 0.2) is 11.6 Å². The number of carboxylic acid groups (broad SMARTS) is 1. The Kier molecular flexibility index (Phi) is 2.95. The van der Waals surface area contributed by atoms with Crippen molar-refractivity contribution in [2.75, 3.05) is 0 Å². The summed E-state index contributed by atoms with van der Waals surface area (Å²) >= 11 is 0. The van der Waals surface area contributed by atoms with Gasteiger partial charge < -0.3 is 9.84 Å². The Morgan fingerprint density at radius 2 is 1.71 bits per heavy atom. The summed E-state index contributed by atoms with van der Waals surface area (Å²) < 4.78 is 20.0. The summed E-state index contributed by atoms with van der Waals surface area (Å²) in [6.07, 6.45) is 6.35. The largest absolute Gasteiger partial charge is 0.487 e. The average molecular weight is 290 g/mol. The van der Waals surface area contributed by atoms with Crippen molar-refractivity contribution in [2.24, 2.45) is 23.7 Å². The van der Waals surface area contributed by atoms with Gasteiger partial charge in [-0.15, -0.1) is 0 Å². The number of hydrogen-bond donors (Lipinski definition) is 1. The van der Waals surface area contributed by atoms with Crippen LogP contribution in [0.3, 0.4) is 0 Å². The molecule has 0 amide bonds. The molecule has 4 bridgehead atoms. The van der Waals surface area contributed by atoms with E-state index in [0.717, 1.165) is 17.9 Å². The van der Waals surface area contributed by atoms with Crippen LogP contribution in [-0.2, 0) is 0 Å². The number of ether oxygens (including phenoxy) is 1. The van der Waals surface area contributed by atoms with E-state index >= 15 is 0 Å². The van der Waals surface area contributed by atoms with E-state index in [-0.39, 0.29) is 17.4 Å². The molecule has 4 saturated carbocycles. The van der Waals surface area contributed by atoms with Gasteiger partial charge in [0, 0.05) is 0 Å². The van der Waals surface area contributed by atoms with Crippen molar-refractivity contribution >= 4 is 5.97 Å². The van der Waals surface area contributed by atoms with Crippen molar-refractivity contribution < 1.29 is 19.0 Å². The lowest BCUT2D eigenvalue weighted by atomic mass is 9.55. The van der Waals surface area contributed by atoms with Crippen LogP contribution in [0.25, 0.3) is 0 Å². The van der Waals surface area contributed by atoms with Crippen LogP contribution in [0.4, 0.5) is 4.39 Å². The zero-order chi connectivity index (χ0) is 14.6. The molecule has 1 aromatic carbocycles. The monoisotopic (exact) mass is 290 g/mol. The molecule has 112 valence electrons. The number of rotatable bonds is 3. The minimum atomic E-state index is -1.12. The summed E-state index contributed by atoms with van der Waals surface area (Å²) in [7, 11) is 0. The second-order valence-electron chi connectivity index (χ2n) is 6.96. The summed E-state index contributed by atoms with van der Waals surface area (Å²) in [5.74, 6) is 1.34. The fourth-order valence-electron chi connectivity index (χ4n) is 4.94. The molecule has 3 nitrogen and oxygen atoms in total. The van der Waals surface area contributed by atoms with E-state index in [9.17, 15) is 9.18 Å². The van der Waals surface area contributed by atoms with Crippen molar-refractivity contribution in [3.8, 4) is 5.75 Å². The van der Waals surface area contributed by atoms with Gasteiger partial charge in [0.1, 0.15) is 6.10 Å². The summed E-state index contributed by atoms with van der Waals surface area (Å²) in [4.78, 5) is 10.8. The van der Waals surface area contributed by atoms with Crippen molar-refractivity contribution in [3.63, 3.8) is 0 Å². The third kappa shape index (κ3) is 2.21. The molecule has 4 heteroatoms. The molecule has 21 heavy (non-hydrogen) atoms. The Hall–Kier alpha value is -1.58. The molecule has 1 aromatic rings. The lowest BCUT2D eigenvalue weighted by Crippen LogP contribution is -2.50. The molecule has 4 aliphatic rings. The van der Waals surface area contributed by atoms with Gasteiger partial charge in [0.25, 0.3) is 0 Å². The maximum Gasteiger partial charge on any atom is 0.335 e. The normalized spacial score (nSPS) is 36.7. The quantitative estimate of drug-likeness (QED) is 0.922. The molecule has 4 aliphatic carbocycles. The lowest BCUT2D eigenvalue weighted by Gasteiger charge is -2.53. The number of benzene rings is 1. The van der Waals surface area contributed by atoms with E-state index in [2.05, 4.69) is 0 Å². The molecule has 0 spiro atoms. The fourth-order valence-corrected chi connectivity index (χ4v) is 4.94. The average Bonchev–Trinajstić information content (AvgIpc) is 2.43. The van der Waals surface area contributed by atoms with Gasteiger partial charge in [-0.1, -0.05) is 0 Å². The lowest BCUT2D eigenvalue weighted by molar-refractivity contribution is -0.0801. The van der Waals surface area contributed by atoms with Gasteiger partial charge in [-0.25, -0.2) is 9.18 Å². The van der Waals surface area contributed by atoms with Crippen LogP contribution in [0.5, 0.6) is 5.75 Å². The van der Waals surface area contributed by atoms with Gasteiger partial charge in [0.05, 0.1) is 5.56 Å². The Balaban J connectivity index is 1.55. The van der Waals surface area contributed by atoms with E-state index in [1.54, 1.807) is 0 Å². The molecule has 0 aliphatic heterocycles. The first kappa shape index (κ1) is 13.1. The zero-order valence-corrected chi connectivity index (χ0v) is 11.8. The SMILES string of the molecule is O=C(O)c1ccc(OC2C3CC4CC(C3)CC2C4)c(F)c1. The van der Waals surface area contributed by atoms with E-state index in [0.29, 0.717) is 11.8 Å². The molecule has 1 N–H and O–H groups in total. The van der Waals surface area contributed by atoms with Crippen molar-refractivity contribution in [2.45, 2.75) is 38.2 Å². The first-order chi connectivity index (χ1) is 10.1. The highest BCUT2D eigenvalue weighted by Crippen LogP contribution is 2.54. The number of carbonyl (C=O) groups is 1. The molecule has 0 unspecified atom stereocenters. The predicted molar refractivity (Wildman–Crippen MR) is 74.8 cm³/mol. The first-order valence-electron chi connectivity index (χ1n) is 7.79. The summed E-state index contributed by atoms with van der Waals surface area (Å²) in [6, 6.07) is 3.93. The minimum absolute atomic E-state index is 0.0371. The summed E-state index contributed by atoms with van der Waals surface area (Å²) in [5.41, 5.74) is -0.0371. The van der Waals surface area contributed by atoms with Crippen LogP contribution < -0.4 is 4.74 Å². The molecular weight excluding hydrogens is 271 g/mol. The molecule has 0 radical (unpaired) electrons. The highest BCUT2D eigenvalue weighted by Gasteiger charge is 2.49. The Bertz CT molecular complexity index is 555. The molecule has 5 rings (SSSR count). The second kappa shape index (κ2) is 4.72. The van der Waals surface area contributed by atoms with E-state index < -0.39 is 11.8 Å². The third-order valence-corrected chi connectivity index (χ3v) is 5.58. The molecule has 0 saturated heterocycles. The zero-order valence-electron chi connectivity index (χ0n) is 11.8. The maximum absolute atomic E-state index is 14.0. The summed E-state index contributed by atoms with van der Waals surface area (Å²) in [5, 5.41) is 8.88. The third-order valence-electron chi connectivity index (χ3n) is 5.58. The van der Waals surface area contributed by atoms with Crippen molar-refractivity contribution in [1.29, 1.82) is 0 Å². The molecule has 0 atom stereocenters. The van der Waals surface area contributed by atoms with Gasteiger partial charge in [-0.3, -0.25) is 0 Å². The standard InChI is InChI=1S/C17H19FO3/c18-14-8-11(17(19)20)1-2-15(14)21-16-12-4-9-3-10(6-12)7-13(16)5-9/h1-2,8-10,12-13,16H,3-7H2,(H,19,20). The van der Waals surface area contributed by atoms with Crippen molar-refractivity contribution in [3.05, 3.63) is 29.6 Å². The van der Waals surface area contributed by atoms with E-state index in [1.807, 2.05) is 0 Å². The number of aromatic carboxylic acids is 1. The minimum Gasteiger partial charge on any atom is -0.487 e. The van der Waals surface area contributed by atoms with Crippen LogP contribution in [0, 0.1) is 29.5 Å². The van der Waals surface area contributed by atoms with Crippen LogP contribution >= 0.6 is 0 Å². The Morgan fingerprint density at radius 3 is 2.24 bits per heavy atom. The van der Waals surface area contributed by atoms with E-state index in [4.69, 9.17) is 9.84 Å². The van der Waals surface area contributed by atoms with Crippen LogP contribution in [0.1, 0.15) is 42.5 Å². The van der Waals surface area contributed by atoms with Crippen LogP contribution in [-0.4, -0.2) is 17.2 Å². The Labute approximate surface area is 123 Å².